The molecule has 34 heavy (non-hydrogen) atoms. The first-order valence-electron chi connectivity index (χ1n) is 10.5. The molecular formula is C24H22N4O6. The number of ether oxygens (including phenoxy) is 1. The monoisotopic (exact) mass is 462 g/mol. The number of furan rings is 1. The van der Waals surface area contributed by atoms with E-state index in [1.165, 1.54) is 24.5 Å². The van der Waals surface area contributed by atoms with Crippen LogP contribution in [-0.4, -0.2) is 27.6 Å². The van der Waals surface area contributed by atoms with Gasteiger partial charge in [0.15, 0.2) is 0 Å². The van der Waals surface area contributed by atoms with Crippen molar-refractivity contribution >= 4 is 28.4 Å². The number of hydrogen-bond acceptors (Lipinski definition) is 6. The van der Waals surface area contributed by atoms with Crippen molar-refractivity contribution in [3.05, 3.63) is 93.0 Å². The summed E-state index contributed by atoms with van der Waals surface area (Å²) in [4.78, 5) is 50.8. The normalized spacial score (nSPS) is 10.9. The molecule has 0 fully saturated rings. The van der Waals surface area contributed by atoms with Gasteiger partial charge in [0.05, 0.1) is 30.3 Å². The molecular weight excluding hydrogens is 440 g/mol. The molecule has 2 heterocycles. The van der Waals surface area contributed by atoms with Crippen molar-refractivity contribution in [2.24, 2.45) is 5.73 Å². The highest BCUT2D eigenvalue weighted by atomic mass is 16.5. The number of nitrogens with zero attached hydrogens (tertiary/aromatic N) is 2. The Labute approximate surface area is 193 Å². The third kappa shape index (κ3) is 4.60. The SMILES string of the molecule is CCOc1ccc(NC(=O)Cn2c(=O)n(Cc3ccco3)c(=O)c3ccc(C(N)=O)cc32)cc1. The van der Waals surface area contributed by atoms with Gasteiger partial charge in [-0.05, 0) is 61.5 Å². The second-order valence-corrected chi connectivity index (χ2v) is 7.44. The van der Waals surface area contributed by atoms with E-state index >= 15 is 0 Å². The summed E-state index contributed by atoms with van der Waals surface area (Å²) >= 11 is 0. The summed E-state index contributed by atoms with van der Waals surface area (Å²) < 4.78 is 12.8. The summed E-state index contributed by atoms with van der Waals surface area (Å²) in [7, 11) is 0. The van der Waals surface area contributed by atoms with Crippen LogP contribution in [0, 0.1) is 0 Å². The van der Waals surface area contributed by atoms with E-state index in [9.17, 15) is 19.2 Å². The maximum atomic E-state index is 13.3. The lowest BCUT2D eigenvalue weighted by Crippen LogP contribution is -2.42. The van der Waals surface area contributed by atoms with Gasteiger partial charge >= 0.3 is 5.69 Å². The fraction of sp³-hybridized carbons (Fsp3) is 0.167. The molecule has 4 aromatic rings. The first kappa shape index (κ1) is 22.6. The Hall–Kier alpha value is -4.60. The van der Waals surface area contributed by atoms with E-state index in [-0.39, 0.29) is 23.0 Å². The van der Waals surface area contributed by atoms with Crippen molar-refractivity contribution in [2.45, 2.75) is 20.0 Å². The van der Waals surface area contributed by atoms with Crippen LogP contribution >= 0.6 is 0 Å². The third-order valence-electron chi connectivity index (χ3n) is 5.16. The van der Waals surface area contributed by atoms with Gasteiger partial charge in [0, 0.05) is 11.3 Å². The number of hydrogen-bond donors (Lipinski definition) is 2. The third-order valence-corrected chi connectivity index (χ3v) is 5.16. The van der Waals surface area contributed by atoms with E-state index in [0.717, 1.165) is 9.13 Å². The van der Waals surface area contributed by atoms with Crippen LogP contribution in [0.15, 0.2) is 74.9 Å². The summed E-state index contributed by atoms with van der Waals surface area (Å²) in [5, 5.41) is 2.87. The minimum absolute atomic E-state index is 0.107. The molecule has 3 N–H and O–H groups in total. The van der Waals surface area contributed by atoms with Crippen LogP contribution in [0.25, 0.3) is 10.9 Å². The van der Waals surface area contributed by atoms with E-state index in [1.807, 2.05) is 6.92 Å². The molecule has 2 aromatic heterocycles. The van der Waals surface area contributed by atoms with Gasteiger partial charge in [0.2, 0.25) is 11.8 Å². The van der Waals surface area contributed by atoms with Crippen molar-refractivity contribution in [2.75, 3.05) is 11.9 Å². The predicted octanol–water partition coefficient (Wildman–Crippen LogP) is 1.94. The summed E-state index contributed by atoms with van der Waals surface area (Å²) in [6, 6.07) is 14.2. The molecule has 10 nitrogen and oxygen atoms in total. The lowest BCUT2D eigenvalue weighted by Gasteiger charge is -2.14. The molecule has 0 aliphatic rings. The molecule has 0 atom stereocenters. The molecule has 2 amide bonds. The minimum atomic E-state index is -0.725. The first-order valence-corrected chi connectivity index (χ1v) is 10.5. The van der Waals surface area contributed by atoms with Gasteiger partial charge in [-0.3, -0.25) is 23.5 Å². The molecule has 0 aliphatic heterocycles. The molecule has 10 heteroatoms. The van der Waals surface area contributed by atoms with E-state index < -0.39 is 29.6 Å². The van der Waals surface area contributed by atoms with Crippen LogP contribution in [0.2, 0.25) is 0 Å². The number of nitrogens with two attached hydrogens (primary N) is 1. The zero-order chi connectivity index (χ0) is 24.2. The number of rotatable bonds is 8. The molecule has 0 saturated carbocycles. The fourth-order valence-corrected chi connectivity index (χ4v) is 3.57. The Balaban J connectivity index is 1.74. The van der Waals surface area contributed by atoms with Gasteiger partial charge in [-0.1, -0.05) is 0 Å². The Morgan fingerprint density at radius 1 is 1.06 bits per heavy atom. The van der Waals surface area contributed by atoms with Gasteiger partial charge in [-0.2, -0.15) is 0 Å². The Bertz CT molecular complexity index is 1470. The second-order valence-electron chi connectivity index (χ2n) is 7.44. The number of carbonyl (C=O) groups is 2. The van der Waals surface area contributed by atoms with Gasteiger partial charge in [-0.15, -0.1) is 0 Å². The van der Waals surface area contributed by atoms with Crippen molar-refractivity contribution in [1.82, 2.24) is 9.13 Å². The number of anilines is 1. The number of fused-ring (bicyclic) bond motifs is 1. The van der Waals surface area contributed by atoms with E-state index in [1.54, 1.807) is 36.4 Å². The van der Waals surface area contributed by atoms with Gasteiger partial charge in [-0.25, -0.2) is 4.79 Å². The molecule has 0 radical (unpaired) electrons. The molecule has 0 bridgehead atoms. The molecule has 0 unspecified atom stereocenters. The summed E-state index contributed by atoms with van der Waals surface area (Å²) in [6.07, 6.45) is 1.43. The lowest BCUT2D eigenvalue weighted by atomic mass is 10.1. The molecule has 174 valence electrons. The molecule has 0 aliphatic carbocycles. The van der Waals surface area contributed by atoms with E-state index in [4.69, 9.17) is 14.9 Å². The maximum absolute atomic E-state index is 13.3. The molecule has 2 aromatic carbocycles. The standard InChI is InChI=1S/C24H22N4O6/c1-2-33-17-8-6-16(7-9-17)26-21(29)14-27-20-12-15(22(25)30)5-10-19(20)23(31)28(24(27)32)13-18-4-3-11-34-18/h3-12H,2,13-14H2,1H3,(H2,25,30)(H,26,29). The highest BCUT2D eigenvalue weighted by Gasteiger charge is 2.18. The zero-order valence-corrected chi connectivity index (χ0v) is 18.3. The van der Waals surface area contributed by atoms with Crippen LogP contribution in [0.4, 0.5) is 5.69 Å². The van der Waals surface area contributed by atoms with E-state index in [0.29, 0.717) is 23.8 Å². The molecule has 4 rings (SSSR count). The number of amides is 2. The highest BCUT2D eigenvalue weighted by Crippen LogP contribution is 2.16. The number of benzene rings is 2. The maximum Gasteiger partial charge on any atom is 0.332 e. The van der Waals surface area contributed by atoms with Crippen molar-refractivity contribution in [3.8, 4) is 5.75 Å². The van der Waals surface area contributed by atoms with Gasteiger partial charge in [0.1, 0.15) is 18.1 Å². The Kier molecular flexibility index (Phi) is 6.30. The summed E-state index contributed by atoms with van der Waals surface area (Å²) in [6.45, 7) is 1.87. The largest absolute Gasteiger partial charge is 0.494 e. The Morgan fingerprint density at radius 2 is 1.82 bits per heavy atom. The number of carbonyl (C=O) groups excluding carboxylic acids is 2. The average Bonchev–Trinajstić information content (AvgIpc) is 3.34. The number of primary amides is 1. The summed E-state index contributed by atoms with van der Waals surface area (Å²) in [5.41, 5.74) is 4.82. The lowest BCUT2D eigenvalue weighted by molar-refractivity contribution is -0.116. The van der Waals surface area contributed by atoms with Crippen LogP contribution in [0.3, 0.4) is 0 Å². The first-order chi connectivity index (χ1) is 16.4. The van der Waals surface area contributed by atoms with E-state index in [2.05, 4.69) is 5.32 Å². The summed E-state index contributed by atoms with van der Waals surface area (Å²) in [5.74, 6) is -0.163. The number of nitrogens with one attached hydrogen (secondary N) is 1. The smallest absolute Gasteiger partial charge is 0.332 e. The highest BCUT2D eigenvalue weighted by molar-refractivity contribution is 5.97. The zero-order valence-electron chi connectivity index (χ0n) is 18.3. The number of aromatic nitrogens is 2. The quantitative estimate of drug-likeness (QED) is 0.410. The predicted molar refractivity (Wildman–Crippen MR) is 125 cm³/mol. The van der Waals surface area contributed by atoms with Crippen LogP contribution in [-0.2, 0) is 17.9 Å². The molecule has 0 saturated heterocycles. The minimum Gasteiger partial charge on any atom is -0.494 e. The van der Waals surface area contributed by atoms with Crippen molar-refractivity contribution in [1.29, 1.82) is 0 Å². The van der Waals surface area contributed by atoms with Crippen LogP contribution < -0.4 is 27.0 Å². The van der Waals surface area contributed by atoms with Crippen molar-refractivity contribution in [3.63, 3.8) is 0 Å². The fourth-order valence-electron chi connectivity index (χ4n) is 3.57. The Morgan fingerprint density at radius 3 is 2.47 bits per heavy atom. The average molecular weight is 462 g/mol. The van der Waals surface area contributed by atoms with Crippen LogP contribution in [0.5, 0.6) is 5.75 Å². The second kappa shape index (κ2) is 9.49. The van der Waals surface area contributed by atoms with Crippen LogP contribution in [0.1, 0.15) is 23.0 Å². The topological polar surface area (TPSA) is 139 Å². The van der Waals surface area contributed by atoms with Crippen molar-refractivity contribution < 1.29 is 18.7 Å². The van der Waals surface area contributed by atoms with Gasteiger partial charge < -0.3 is 20.2 Å². The molecule has 0 spiro atoms. The van der Waals surface area contributed by atoms with Gasteiger partial charge in [0.25, 0.3) is 5.56 Å².